The molecule has 0 atom stereocenters. The number of rotatable bonds is 4. The van der Waals surface area contributed by atoms with Crippen LogP contribution in [0.3, 0.4) is 0 Å². The Morgan fingerprint density at radius 2 is 2.00 bits per heavy atom. The summed E-state index contributed by atoms with van der Waals surface area (Å²) in [4.78, 5) is 14.0. The monoisotopic (exact) mass is 429 g/mol. The fourth-order valence-electron chi connectivity index (χ4n) is 3.87. The number of ketones is 1. The van der Waals surface area contributed by atoms with Gasteiger partial charge in [-0.2, -0.15) is 5.10 Å². The summed E-state index contributed by atoms with van der Waals surface area (Å²) in [5.41, 5.74) is 4.62. The Bertz CT molecular complexity index is 764. The maximum atomic E-state index is 11.5. The minimum Gasteiger partial charge on any atom is -0.297 e. The highest BCUT2D eigenvalue weighted by molar-refractivity contribution is 9.12. The molecule has 0 radical (unpaired) electrons. The topological polar surface area (TPSA) is 35.9 Å². The molecule has 1 saturated heterocycles. The maximum absolute atomic E-state index is 11.5. The third-order valence-electron chi connectivity index (χ3n) is 5.66. The molecule has 0 bridgehead atoms. The van der Waals surface area contributed by atoms with Gasteiger partial charge in [0.05, 0.1) is 5.70 Å². The summed E-state index contributed by atoms with van der Waals surface area (Å²) in [7, 11) is 1.99. The summed E-state index contributed by atoms with van der Waals surface area (Å²) in [5.74, 6) is 0.863. The van der Waals surface area contributed by atoms with E-state index < -0.39 is 0 Å². The number of nitrogens with zero attached hydrogens (tertiary/aromatic N) is 3. The fraction of sp³-hybridized carbons (Fsp3) is 0.455. The molecular weight excluding hydrogens is 402 g/mol. The summed E-state index contributed by atoms with van der Waals surface area (Å²) < 4.78 is 0.970. The second-order valence-corrected chi connectivity index (χ2v) is 8.36. The van der Waals surface area contributed by atoms with Crippen LogP contribution in [0.1, 0.15) is 32.6 Å². The van der Waals surface area contributed by atoms with Crippen molar-refractivity contribution in [3.05, 3.63) is 57.8 Å². The Labute approximate surface area is 170 Å². The first-order chi connectivity index (χ1) is 12.9. The number of piperidine rings is 1. The molecule has 0 aromatic rings. The van der Waals surface area contributed by atoms with Crippen molar-refractivity contribution in [3.63, 3.8) is 0 Å². The van der Waals surface area contributed by atoms with Crippen molar-refractivity contribution in [1.82, 2.24) is 9.91 Å². The zero-order valence-corrected chi connectivity index (χ0v) is 17.8. The van der Waals surface area contributed by atoms with Gasteiger partial charge in [-0.05, 0) is 74.9 Å². The molecule has 0 aromatic carbocycles. The first-order valence-electron chi connectivity index (χ1n) is 9.60. The van der Waals surface area contributed by atoms with Crippen LogP contribution in [0, 0.1) is 5.92 Å². The zero-order chi connectivity index (χ0) is 19.4. The lowest BCUT2D eigenvalue weighted by atomic mass is 9.83. The standard InChI is InChI=1S/C22H28BrN3O/c1-16-14-21(25(3)24-11-8-22(16)23)15-26-12-9-20(10-13-26)19-6-4-18(5-7-19)17(2)27/h4,6,8,11,14,20H,1,5,7,9-10,12-13,15H2,2-3H3/b21-14-,22-8+,24-11-. The molecule has 144 valence electrons. The SMILES string of the molecule is C=C1/C=C(/CN2CCC(C3=CC=C(C(C)=O)CC3)CC2)N(C)/N=C\C=C/1Br. The lowest BCUT2D eigenvalue weighted by molar-refractivity contribution is -0.113. The second-order valence-electron chi connectivity index (χ2n) is 7.50. The van der Waals surface area contributed by atoms with Gasteiger partial charge in [-0.25, -0.2) is 0 Å². The van der Waals surface area contributed by atoms with Crippen LogP contribution in [-0.4, -0.2) is 48.6 Å². The van der Waals surface area contributed by atoms with E-state index in [9.17, 15) is 4.79 Å². The molecule has 5 heteroatoms. The predicted octanol–water partition coefficient (Wildman–Crippen LogP) is 4.58. The summed E-state index contributed by atoms with van der Waals surface area (Å²) in [6.45, 7) is 8.85. The molecule has 0 aromatic heterocycles. The van der Waals surface area contributed by atoms with E-state index in [2.05, 4.69) is 44.7 Å². The third kappa shape index (κ3) is 5.17. The molecule has 3 rings (SSSR count). The molecular formula is C22H28BrN3O. The van der Waals surface area contributed by atoms with Crippen LogP contribution in [0.5, 0.6) is 0 Å². The Balaban J connectivity index is 1.58. The van der Waals surface area contributed by atoms with E-state index in [1.54, 1.807) is 13.1 Å². The molecule has 3 aliphatic rings. The number of carbonyl (C=O) groups excluding carboxylic acids is 1. The normalized spacial score (nSPS) is 27.5. The Morgan fingerprint density at radius 3 is 2.63 bits per heavy atom. The van der Waals surface area contributed by atoms with E-state index in [0.29, 0.717) is 5.92 Å². The smallest absolute Gasteiger partial charge is 0.155 e. The van der Waals surface area contributed by atoms with Crippen LogP contribution < -0.4 is 0 Å². The maximum Gasteiger partial charge on any atom is 0.155 e. The molecule has 2 heterocycles. The summed E-state index contributed by atoms with van der Waals surface area (Å²) in [6.07, 6.45) is 14.4. The number of hydrazone groups is 1. The largest absolute Gasteiger partial charge is 0.297 e. The Morgan fingerprint density at radius 1 is 1.26 bits per heavy atom. The minimum absolute atomic E-state index is 0.211. The molecule has 0 N–H and O–H groups in total. The van der Waals surface area contributed by atoms with Crippen molar-refractivity contribution in [2.75, 3.05) is 26.7 Å². The van der Waals surface area contributed by atoms with Crippen molar-refractivity contribution in [2.24, 2.45) is 11.0 Å². The van der Waals surface area contributed by atoms with E-state index in [0.717, 1.165) is 53.8 Å². The fourth-order valence-corrected chi connectivity index (χ4v) is 4.10. The number of hydrogen-bond donors (Lipinski definition) is 0. The minimum atomic E-state index is 0.211. The van der Waals surface area contributed by atoms with Gasteiger partial charge < -0.3 is 0 Å². The summed E-state index contributed by atoms with van der Waals surface area (Å²) >= 11 is 3.54. The van der Waals surface area contributed by atoms with Gasteiger partial charge in [0.15, 0.2) is 5.78 Å². The van der Waals surface area contributed by atoms with Gasteiger partial charge in [-0.15, -0.1) is 0 Å². The first-order valence-corrected chi connectivity index (χ1v) is 10.4. The number of Topliss-reactive ketones (excluding diaryl/α,β-unsaturated/α-hetero) is 1. The molecule has 0 unspecified atom stereocenters. The van der Waals surface area contributed by atoms with Crippen molar-refractivity contribution in [2.45, 2.75) is 32.6 Å². The summed E-state index contributed by atoms with van der Waals surface area (Å²) in [5, 5.41) is 6.38. The van der Waals surface area contributed by atoms with E-state index in [1.807, 2.05) is 24.2 Å². The zero-order valence-electron chi connectivity index (χ0n) is 16.2. The lowest BCUT2D eigenvalue weighted by Crippen LogP contribution is -2.37. The Kier molecular flexibility index (Phi) is 6.66. The van der Waals surface area contributed by atoms with Crippen molar-refractivity contribution >= 4 is 27.9 Å². The van der Waals surface area contributed by atoms with Gasteiger partial charge in [-0.1, -0.05) is 40.2 Å². The summed E-state index contributed by atoms with van der Waals surface area (Å²) in [6, 6.07) is 0. The van der Waals surface area contributed by atoms with Crippen molar-refractivity contribution in [1.29, 1.82) is 0 Å². The van der Waals surface area contributed by atoms with Crippen LogP contribution in [0.2, 0.25) is 0 Å². The number of halogens is 1. The van der Waals surface area contributed by atoms with Gasteiger partial charge >= 0.3 is 0 Å². The van der Waals surface area contributed by atoms with Crippen LogP contribution in [-0.2, 0) is 4.79 Å². The molecule has 0 amide bonds. The Hall–Kier alpha value is -1.72. The van der Waals surface area contributed by atoms with E-state index >= 15 is 0 Å². The van der Waals surface area contributed by atoms with E-state index in [1.165, 1.54) is 18.4 Å². The molecule has 27 heavy (non-hydrogen) atoms. The van der Waals surface area contributed by atoms with Crippen molar-refractivity contribution in [3.8, 4) is 0 Å². The molecule has 0 saturated carbocycles. The lowest BCUT2D eigenvalue weighted by Gasteiger charge is -2.35. The molecule has 1 fully saturated rings. The molecule has 0 spiro atoms. The van der Waals surface area contributed by atoms with Crippen LogP contribution in [0.25, 0.3) is 0 Å². The number of allylic oxidation sites excluding steroid dienone is 8. The average molecular weight is 430 g/mol. The number of carbonyl (C=O) groups is 1. The van der Waals surface area contributed by atoms with Crippen LogP contribution in [0.15, 0.2) is 62.9 Å². The first kappa shape index (κ1) is 20.0. The van der Waals surface area contributed by atoms with Gasteiger partial charge in [0.2, 0.25) is 0 Å². The molecule has 1 aliphatic carbocycles. The highest BCUT2D eigenvalue weighted by atomic mass is 79.9. The number of likely N-dealkylation sites (N-methyl/N-ethyl adjacent to an activating group) is 1. The predicted molar refractivity (Wildman–Crippen MR) is 116 cm³/mol. The molecule has 2 aliphatic heterocycles. The van der Waals surface area contributed by atoms with E-state index in [4.69, 9.17) is 0 Å². The highest BCUT2D eigenvalue weighted by Crippen LogP contribution is 2.32. The van der Waals surface area contributed by atoms with Crippen LogP contribution >= 0.6 is 15.9 Å². The van der Waals surface area contributed by atoms with Gasteiger partial charge in [0, 0.05) is 24.3 Å². The average Bonchev–Trinajstić information content (AvgIpc) is 2.67. The van der Waals surface area contributed by atoms with Gasteiger partial charge in [0.25, 0.3) is 0 Å². The molecule has 4 nitrogen and oxygen atoms in total. The number of likely N-dealkylation sites (tertiary alicyclic amines) is 1. The van der Waals surface area contributed by atoms with Gasteiger partial charge in [0.1, 0.15) is 0 Å². The third-order valence-corrected chi connectivity index (χ3v) is 6.43. The van der Waals surface area contributed by atoms with Gasteiger partial charge in [-0.3, -0.25) is 14.7 Å². The quantitative estimate of drug-likeness (QED) is 0.655. The van der Waals surface area contributed by atoms with E-state index in [-0.39, 0.29) is 5.78 Å². The van der Waals surface area contributed by atoms with Crippen LogP contribution in [0.4, 0.5) is 0 Å². The highest BCUT2D eigenvalue weighted by Gasteiger charge is 2.24. The number of hydrogen-bond acceptors (Lipinski definition) is 4. The second kappa shape index (κ2) is 8.98. The van der Waals surface area contributed by atoms with Crippen molar-refractivity contribution < 1.29 is 4.79 Å².